The van der Waals surface area contributed by atoms with Crippen LogP contribution in [0.1, 0.15) is 18.3 Å². The van der Waals surface area contributed by atoms with E-state index in [1.165, 1.54) is 16.1 Å². The standard InChI is InChI=1S/C14H22N4O3S2/c1-4-23(20,21)18-7-5-17(6-8-18)13(19)10-22-14-15-11(2)9-12(3)16-14/h9H,4-8,10H2,1-3H3. The summed E-state index contributed by atoms with van der Waals surface area (Å²) in [6.07, 6.45) is 0. The van der Waals surface area contributed by atoms with Gasteiger partial charge < -0.3 is 4.90 Å². The Labute approximate surface area is 141 Å². The van der Waals surface area contributed by atoms with Crippen LogP contribution in [0.2, 0.25) is 0 Å². The third-order valence-electron chi connectivity index (χ3n) is 3.64. The van der Waals surface area contributed by atoms with E-state index < -0.39 is 10.0 Å². The van der Waals surface area contributed by atoms with Crippen molar-refractivity contribution in [3.63, 3.8) is 0 Å². The van der Waals surface area contributed by atoms with Crippen LogP contribution in [-0.2, 0) is 14.8 Å². The fourth-order valence-electron chi connectivity index (χ4n) is 2.37. The van der Waals surface area contributed by atoms with Crippen LogP contribution >= 0.6 is 11.8 Å². The minimum Gasteiger partial charge on any atom is -0.339 e. The molecule has 1 fully saturated rings. The zero-order valence-electron chi connectivity index (χ0n) is 13.7. The molecule has 23 heavy (non-hydrogen) atoms. The minimum absolute atomic E-state index is 0.00805. The fraction of sp³-hybridized carbons (Fsp3) is 0.643. The first-order chi connectivity index (χ1) is 10.8. The van der Waals surface area contributed by atoms with Crippen molar-refractivity contribution < 1.29 is 13.2 Å². The van der Waals surface area contributed by atoms with Gasteiger partial charge in [-0.2, -0.15) is 4.31 Å². The normalized spacial score (nSPS) is 16.6. The van der Waals surface area contributed by atoms with Gasteiger partial charge in [0.05, 0.1) is 11.5 Å². The van der Waals surface area contributed by atoms with E-state index in [1.54, 1.807) is 11.8 Å². The van der Waals surface area contributed by atoms with Gasteiger partial charge in [0.2, 0.25) is 15.9 Å². The number of rotatable bonds is 5. The lowest BCUT2D eigenvalue weighted by molar-refractivity contribution is -0.129. The van der Waals surface area contributed by atoms with Crippen molar-refractivity contribution in [1.82, 2.24) is 19.2 Å². The minimum atomic E-state index is -3.17. The summed E-state index contributed by atoms with van der Waals surface area (Å²) in [5.41, 5.74) is 1.76. The lowest BCUT2D eigenvalue weighted by Crippen LogP contribution is -2.51. The molecule has 0 N–H and O–H groups in total. The highest BCUT2D eigenvalue weighted by molar-refractivity contribution is 7.99. The van der Waals surface area contributed by atoms with Crippen molar-refractivity contribution >= 4 is 27.7 Å². The van der Waals surface area contributed by atoms with Gasteiger partial charge in [-0.3, -0.25) is 4.79 Å². The van der Waals surface area contributed by atoms with E-state index >= 15 is 0 Å². The van der Waals surface area contributed by atoms with Crippen LogP contribution in [0, 0.1) is 13.8 Å². The summed E-state index contributed by atoms with van der Waals surface area (Å²) >= 11 is 1.32. The molecule has 2 rings (SSSR count). The molecule has 0 aliphatic carbocycles. The maximum absolute atomic E-state index is 12.2. The van der Waals surface area contributed by atoms with Gasteiger partial charge in [0, 0.05) is 37.6 Å². The van der Waals surface area contributed by atoms with E-state index in [-0.39, 0.29) is 17.4 Å². The molecule has 1 saturated heterocycles. The number of nitrogens with zero attached hydrogens (tertiary/aromatic N) is 4. The quantitative estimate of drug-likeness (QED) is 0.568. The predicted molar refractivity (Wildman–Crippen MR) is 89.8 cm³/mol. The Balaban J connectivity index is 1.86. The van der Waals surface area contributed by atoms with Crippen LogP contribution in [0.5, 0.6) is 0 Å². The Hall–Kier alpha value is -1.19. The Morgan fingerprint density at radius 3 is 2.26 bits per heavy atom. The predicted octanol–water partition coefficient (Wildman–Crippen LogP) is 0.679. The first kappa shape index (κ1) is 18.2. The third-order valence-corrected chi connectivity index (χ3v) is 6.35. The van der Waals surface area contributed by atoms with Gasteiger partial charge in [-0.15, -0.1) is 0 Å². The Bertz CT molecular complexity index is 650. The van der Waals surface area contributed by atoms with Crippen LogP contribution in [0.25, 0.3) is 0 Å². The summed E-state index contributed by atoms with van der Waals surface area (Å²) in [7, 11) is -3.17. The lowest BCUT2D eigenvalue weighted by atomic mass is 10.3. The molecule has 128 valence electrons. The molecule has 0 aromatic carbocycles. The van der Waals surface area contributed by atoms with Gasteiger partial charge in [-0.25, -0.2) is 18.4 Å². The summed E-state index contributed by atoms with van der Waals surface area (Å²) in [6, 6.07) is 1.89. The van der Waals surface area contributed by atoms with E-state index in [0.29, 0.717) is 31.3 Å². The second-order valence-electron chi connectivity index (χ2n) is 5.40. The van der Waals surface area contributed by atoms with Gasteiger partial charge in [0.15, 0.2) is 5.16 Å². The molecule has 1 aromatic rings. The molecule has 9 heteroatoms. The number of carbonyl (C=O) groups excluding carboxylic acids is 1. The van der Waals surface area contributed by atoms with E-state index in [2.05, 4.69) is 9.97 Å². The van der Waals surface area contributed by atoms with E-state index in [9.17, 15) is 13.2 Å². The fourth-order valence-corrected chi connectivity index (χ4v) is 4.31. The molecule has 0 radical (unpaired) electrons. The Morgan fingerprint density at radius 1 is 1.17 bits per heavy atom. The number of piperazine rings is 1. The molecule has 7 nitrogen and oxygen atoms in total. The molecular formula is C14H22N4O3S2. The van der Waals surface area contributed by atoms with Gasteiger partial charge in [-0.05, 0) is 26.8 Å². The third kappa shape index (κ3) is 4.89. The molecule has 0 unspecified atom stereocenters. The van der Waals surface area contributed by atoms with Crippen molar-refractivity contribution in [3.8, 4) is 0 Å². The van der Waals surface area contributed by atoms with Crippen LogP contribution in [0.3, 0.4) is 0 Å². The number of hydrogen-bond acceptors (Lipinski definition) is 6. The molecule has 0 bridgehead atoms. The maximum atomic E-state index is 12.2. The lowest BCUT2D eigenvalue weighted by Gasteiger charge is -2.33. The maximum Gasteiger partial charge on any atom is 0.233 e. The van der Waals surface area contributed by atoms with Gasteiger partial charge in [-0.1, -0.05) is 11.8 Å². The molecular weight excluding hydrogens is 336 g/mol. The summed E-state index contributed by atoms with van der Waals surface area (Å²) in [5.74, 6) is 0.357. The SMILES string of the molecule is CCS(=O)(=O)N1CCN(C(=O)CSc2nc(C)cc(C)n2)CC1. The zero-order valence-corrected chi connectivity index (χ0v) is 15.3. The number of thioether (sulfide) groups is 1. The average Bonchev–Trinajstić information content (AvgIpc) is 2.52. The highest BCUT2D eigenvalue weighted by Crippen LogP contribution is 2.16. The smallest absolute Gasteiger partial charge is 0.233 e. The molecule has 0 spiro atoms. The second-order valence-corrected chi connectivity index (χ2v) is 8.60. The zero-order chi connectivity index (χ0) is 17.0. The molecule has 0 saturated carbocycles. The van der Waals surface area contributed by atoms with E-state index in [4.69, 9.17) is 0 Å². The summed E-state index contributed by atoms with van der Waals surface area (Å²) in [4.78, 5) is 22.6. The van der Waals surface area contributed by atoms with Crippen LogP contribution < -0.4 is 0 Å². The first-order valence-corrected chi connectivity index (χ1v) is 10.1. The molecule has 1 aromatic heterocycles. The highest BCUT2D eigenvalue weighted by Gasteiger charge is 2.27. The van der Waals surface area contributed by atoms with Crippen molar-refractivity contribution in [2.24, 2.45) is 0 Å². The number of aryl methyl sites for hydroxylation is 2. The van der Waals surface area contributed by atoms with Crippen molar-refractivity contribution in [2.75, 3.05) is 37.7 Å². The Kier molecular flexibility index (Phi) is 5.99. The average molecular weight is 358 g/mol. The van der Waals surface area contributed by atoms with Crippen LogP contribution in [-0.4, -0.2) is 71.2 Å². The summed E-state index contributed by atoms with van der Waals surface area (Å²) in [5, 5.41) is 0.600. The van der Waals surface area contributed by atoms with E-state index in [1.807, 2.05) is 19.9 Å². The monoisotopic (exact) mass is 358 g/mol. The molecule has 1 amide bonds. The largest absolute Gasteiger partial charge is 0.339 e. The highest BCUT2D eigenvalue weighted by atomic mass is 32.2. The number of hydrogen-bond donors (Lipinski definition) is 0. The molecule has 1 aliphatic heterocycles. The Morgan fingerprint density at radius 2 is 1.74 bits per heavy atom. The van der Waals surface area contributed by atoms with Crippen molar-refractivity contribution in [2.45, 2.75) is 25.9 Å². The number of sulfonamides is 1. The van der Waals surface area contributed by atoms with Crippen molar-refractivity contribution in [1.29, 1.82) is 0 Å². The number of aromatic nitrogens is 2. The van der Waals surface area contributed by atoms with Gasteiger partial charge in [0.25, 0.3) is 0 Å². The van der Waals surface area contributed by atoms with Gasteiger partial charge >= 0.3 is 0 Å². The topological polar surface area (TPSA) is 83.5 Å². The molecule has 0 atom stereocenters. The summed E-state index contributed by atoms with van der Waals surface area (Å²) in [6.45, 7) is 7.03. The second kappa shape index (κ2) is 7.59. The first-order valence-electron chi connectivity index (χ1n) is 7.52. The van der Waals surface area contributed by atoms with E-state index in [0.717, 1.165) is 11.4 Å². The number of amides is 1. The molecule has 1 aliphatic rings. The van der Waals surface area contributed by atoms with Crippen LogP contribution in [0.4, 0.5) is 0 Å². The number of carbonyl (C=O) groups is 1. The van der Waals surface area contributed by atoms with Gasteiger partial charge in [0.1, 0.15) is 0 Å². The van der Waals surface area contributed by atoms with Crippen LogP contribution in [0.15, 0.2) is 11.2 Å². The summed E-state index contributed by atoms with van der Waals surface area (Å²) < 4.78 is 25.1. The molecule has 2 heterocycles. The van der Waals surface area contributed by atoms with Crippen molar-refractivity contribution in [3.05, 3.63) is 17.5 Å².